The van der Waals surface area contributed by atoms with Gasteiger partial charge >= 0.3 is 0 Å². The Balaban J connectivity index is 2.11. The Bertz CT molecular complexity index is 126. The smallest absolute Gasteiger partial charge is 0.0893 e. The summed E-state index contributed by atoms with van der Waals surface area (Å²) >= 11 is 0. The normalized spacial score (nSPS) is 48.0. The molecule has 0 bridgehead atoms. The van der Waals surface area contributed by atoms with Crippen molar-refractivity contribution in [3.8, 4) is 0 Å². The summed E-state index contributed by atoms with van der Waals surface area (Å²) < 4.78 is 5.49. The molecule has 2 saturated heterocycles. The number of ether oxygens (including phenoxy) is 1. The molecule has 2 aliphatic heterocycles. The van der Waals surface area contributed by atoms with Crippen LogP contribution in [0.4, 0.5) is 0 Å². The summed E-state index contributed by atoms with van der Waals surface area (Å²) in [6, 6.07) is 0.854. The molecule has 0 spiro atoms. The van der Waals surface area contributed by atoms with E-state index in [2.05, 4.69) is 11.9 Å². The van der Waals surface area contributed by atoms with E-state index in [9.17, 15) is 0 Å². The van der Waals surface area contributed by atoms with Crippen molar-refractivity contribution in [2.45, 2.75) is 24.6 Å². The van der Waals surface area contributed by atoms with Gasteiger partial charge < -0.3 is 10.5 Å². The van der Waals surface area contributed by atoms with E-state index in [1.54, 1.807) is 0 Å². The summed E-state index contributed by atoms with van der Waals surface area (Å²) in [6.07, 6.45) is 1.49. The monoisotopic (exact) mass is 142 g/mol. The molecule has 2 rings (SSSR count). The number of nitrogens with zero attached hydrogens (tertiary/aromatic N) is 1. The first-order chi connectivity index (χ1) is 4.79. The van der Waals surface area contributed by atoms with E-state index in [1.807, 2.05) is 0 Å². The molecule has 0 aromatic carbocycles. The Hall–Kier alpha value is -0.120. The van der Waals surface area contributed by atoms with Crippen molar-refractivity contribution in [3.05, 3.63) is 0 Å². The van der Waals surface area contributed by atoms with Gasteiger partial charge in [0.15, 0.2) is 0 Å². The SMILES string of the molecule is CN1CC(N)C2OCCC21. The maximum absolute atomic E-state index is 5.84. The van der Waals surface area contributed by atoms with Gasteiger partial charge in [-0.1, -0.05) is 0 Å². The van der Waals surface area contributed by atoms with Crippen LogP contribution < -0.4 is 5.73 Å². The molecule has 0 aromatic heterocycles. The number of hydrogen-bond acceptors (Lipinski definition) is 3. The van der Waals surface area contributed by atoms with E-state index in [0.717, 1.165) is 19.6 Å². The molecule has 0 amide bonds. The quantitative estimate of drug-likeness (QED) is 0.491. The molecule has 0 aromatic rings. The number of likely N-dealkylation sites (tertiary alicyclic amines) is 1. The fourth-order valence-corrected chi connectivity index (χ4v) is 2.05. The van der Waals surface area contributed by atoms with Crippen LogP contribution in [-0.2, 0) is 4.74 Å². The zero-order valence-electron chi connectivity index (χ0n) is 6.29. The lowest BCUT2D eigenvalue weighted by atomic mass is 10.1. The van der Waals surface area contributed by atoms with Gasteiger partial charge in [-0.2, -0.15) is 0 Å². The first kappa shape index (κ1) is 6.58. The van der Waals surface area contributed by atoms with E-state index in [4.69, 9.17) is 10.5 Å². The first-order valence-electron chi connectivity index (χ1n) is 3.86. The van der Waals surface area contributed by atoms with Crippen LogP contribution in [0.5, 0.6) is 0 Å². The maximum atomic E-state index is 5.84. The van der Waals surface area contributed by atoms with Gasteiger partial charge in [0.05, 0.1) is 6.10 Å². The van der Waals surface area contributed by atoms with Crippen molar-refractivity contribution >= 4 is 0 Å². The number of rotatable bonds is 0. The van der Waals surface area contributed by atoms with Crippen molar-refractivity contribution in [1.82, 2.24) is 4.90 Å². The molecule has 3 atom stereocenters. The minimum atomic E-state index is 0.248. The Morgan fingerprint density at radius 3 is 3.10 bits per heavy atom. The number of nitrogens with two attached hydrogens (primary N) is 1. The van der Waals surface area contributed by atoms with Gasteiger partial charge in [0.25, 0.3) is 0 Å². The van der Waals surface area contributed by atoms with E-state index in [0.29, 0.717) is 12.1 Å². The lowest BCUT2D eigenvalue weighted by Crippen LogP contribution is -2.34. The number of hydrogen-bond donors (Lipinski definition) is 1. The fraction of sp³-hybridized carbons (Fsp3) is 1.00. The lowest BCUT2D eigenvalue weighted by Gasteiger charge is -2.15. The van der Waals surface area contributed by atoms with Gasteiger partial charge in [-0.3, -0.25) is 4.90 Å². The Morgan fingerprint density at radius 2 is 2.40 bits per heavy atom. The molecule has 2 heterocycles. The van der Waals surface area contributed by atoms with Gasteiger partial charge in [0.2, 0.25) is 0 Å². The average molecular weight is 142 g/mol. The van der Waals surface area contributed by atoms with E-state index < -0.39 is 0 Å². The maximum Gasteiger partial charge on any atom is 0.0893 e. The molecule has 0 saturated carbocycles. The topological polar surface area (TPSA) is 38.5 Å². The first-order valence-corrected chi connectivity index (χ1v) is 3.86. The third-order valence-electron chi connectivity index (χ3n) is 2.59. The predicted octanol–water partition coefficient (Wildman–Crippen LogP) is -0.583. The standard InChI is InChI=1S/C7H14N2O/c1-9-4-5(8)7-6(9)2-3-10-7/h5-7H,2-4,8H2,1H3. The summed E-state index contributed by atoms with van der Waals surface area (Å²) in [5, 5.41) is 0. The molecule has 3 heteroatoms. The molecule has 3 nitrogen and oxygen atoms in total. The molecule has 2 aliphatic rings. The van der Waals surface area contributed by atoms with Crippen molar-refractivity contribution in [3.63, 3.8) is 0 Å². The molecule has 10 heavy (non-hydrogen) atoms. The molecule has 2 N–H and O–H groups in total. The second-order valence-electron chi connectivity index (χ2n) is 3.29. The number of likely N-dealkylation sites (N-methyl/N-ethyl adjacent to an activating group) is 1. The largest absolute Gasteiger partial charge is 0.375 e. The van der Waals surface area contributed by atoms with Crippen LogP contribution in [-0.4, -0.2) is 43.3 Å². The van der Waals surface area contributed by atoms with Crippen LogP contribution in [0.3, 0.4) is 0 Å². The van der Waals surface area contributed by atoms with Gasteiger partial charge in [-0.05, 0) is 13.5 Å². The minimum Gasteiger partial charge on any atom is -0.375 e. The number of fused-ring (bicyclic) bond motifs is 1. The second kappa shape index (κ2) is 2.19. The van der Waals surface area contributed by atoms with Crippen LogP contribution in [0.1, 0.15) is 6.42 Å². The molecule has 0 aliphatic carbocycles. The molecular formula is C7H14N2O. The summed E-state index contributed by atoms with van der Waals surface area (Å²) in [6.45, 7) is 1.89. The van der Waals surface area contributed by atoms with Crippen LogP contribution in [0.25, 0.3) is 0 Å². The zero-order chi connectivity index (χ0) is 7.14. The van der Waals surface area contributed by atoms with Crippen molar-refractivity contribution in [2.24, 2.45) is 5.73 Å². The highest BCUT2D eigenvalue weighted by molar-refractivity contribution is 4.98. The van der Waals surface area contributed by atoms with Crippen molar-refractivity contribution < 1.29 is 4.74 Å². The van der Waals surface area contributed by atoms with Crippen LogP contribution in [0.15, 0.2) is 0 Å². The summed E-state index contributed by atoms with van der Waals surface area (Å²) in [7, 11) is 2.12. The average Bonchev–Trinajstić information content (AvgIpc) is 2.39. The highest BCUT2D eigenvalue weighted by Gasteiger charge is 2.41. The van der Waals surface area contributed by atoms with Gasteiger partial charge in [0, 0.05) is 25.2 Å². The van der Waals surface area contributed by atoms with E-state index in [-0.39, 0.29) is 6.04 Å². The van der Waals surface area contributed by atoms with Gasteiger partial charge in [-0.25, -0.2) is 0 Å². The Kier molecular flexibility index (Phi) is 1.44. The van der Waals surface area contributed by atoms with Crippen molar-refractivity contribution in [2.75, 3.05) is 20.2 Å². The van der Waals surface area contributed by atoms with Gasteiger partial charge in [0.1, 0.15) is 0 Å². The van der Waals surface area contributed by atoms with E-state index >= 15 is 0 Å². The fourth-order valence-electron chi connectivity index (χ4n) is 2.05. The minimum absolute atomic E-state index is 0.248. The lowest BCUT2D eigenvalue weighted by molar-refractivity contribution is 0.0970. The van der Waals surface area contributed by atoms with E-state index in [1.165, 1.54) is 0 Å². The molecular weight excluding hydrogens is 128 g/mol. The van der Waals surface area contributed by atoms with Gasteiger partial charge in [-0.15, -0.1) is 0 Å². The highest BCUT2D eigenvalue weighted by atomic mass is 16.5. The highest BCUT2D eigenvalue weighted by Crippen LogP contribution is 2.26. The van der Waals surface area contributed by atoms with Crippen LogP contribution in [0, 0.1) is 0 Å². The molecule has 3 unspecified atom stereocenters. The third-order valence-corrected chi connectivity index (χ3v) is 2.59. The third kappa shape index (κ3) is 0.779. The van der Waals surface area contributed by atoms with Crippen LogP contribution in [0.2, 0.25) is 0 Å². The molecule has 2 fully saturated rings. The Morgan fingerprint density at radius 1 is 1.60 bits per heavy atom. The molecule has 0 radical (unpaired) electrons. The van der Waals surface area contributed by atoms with Crippen molar-refractivity contribution in [1.29, 1.82) is 0 Å². The Labute approximate surface area is 61.1 Å². The van der Waals surface area contributed by atoms with Crippen LogP contribution >= 0.6 is 0 Å². The predicted molar refractivity (Wildman–Crippen MR) is 38.8 cm³/mol. The summed E-state index contributed by atoms with van der Waals surface area (Å²) in [5.74, 6) is 0. The molecule has 58 valence electrons. The zero-order valence-corrected chi connectivity index (χ0v) is 6.29. The summed E-state index contributed by atoms with van der Waals surface area (Å²) in [5.41, 5.74) is 5.84. The second-order valence-corrected chi connectivity index (χ2v) is 3.29. The summed E-state index contributed by atoms with van der Waals surface area (Å²) in [4.78, 5) is 2.31.